The van der Waals surface area contributed by atoms with Gasteiger partial charge in [-0.3, -0.25) is 4.68 Å². The van der Waals surface area contributed by atoms with Gasteiger partial charge in [0.15, 0.2) is 0 Å². The highest BCUT2D eigenvalue weighted by Crippen LogP contribution is 2.32. The molecule has 0 spiro atoms. The summed E-state index contributed by atoms with van der Waals surface area (Å²) in [6, 6.07) is 7.47. The van der Waals surface area contributed by atoms with Crippen LogP contribution in [0.25, 0.3) is 22.9 Å². The van der Waals surface area contributed by atoms with Gasteiger partial charge < -0.3 is 0 Å². The third-order valence-electron chi connectivity index (χ3n) is 3.35. The van der Waals surface area contributed by atoms with E-state index < -0.39 is 0 Å². The molecule has 0 N–H and O–H groups in total. The Morgan fingerprint density at radius 2 is 2.25 bits per heavy atom. The van der Waals surface area contributed by atoms with Gasteiger partial charge >= 0.3 is 0 Å². The first-order valence-corrected chi connectivity index (χ1v) is 8.80. The Morgan fingerprint density at radius 1 is 1.42 bits per heavy atom. The normalized spacial score (nSPS) is 11.5. The van der Waals surface area contributed by atoms with Crippen LogP contribution < -0.4 is 0 Å². The summed E-state index contributed by atoms with van der Waals surface area (Å²) in [5, 5.41) is 17.3. The molecular formula is C17H12Cl2N4S. The molecule has 0 amide bonds. The zero-order chi connectivity index (χ0) is 17.1. The summed E-state index contributed by atoms with van der Waals surface area (Å²) in [7, 11) is 0. The van der Waals surface area contributed by atoms with E-state index in [1.54, 1.807) is 24.4 Å². The molecule has 7 heteroatoms. The van der Waals surface area contributed by atoms with Gasteiger partial charge in [0.05, 0.1) is 22.5 Å². The van der Waals surface area contributed by atoms with Crippen molar-refractivity contribution >= 4 is 46.2 Å². The number of aryl methyl sites for hydroxylation is 1. The number of halogens is 2. The molecule has 0 aliphatic carbocycles. The van der Waals surface area contributed by atoms with Crippen molar-refractivity contribution in [1.29, 1.82) is 5.26 Å². The molecule has 0 aliphatic heterocycles. The first kappa shape index (κ1) is 16.7. The van der Waals surface area contributed by atoms with Crippen molar-refractivity contribution in [2.45, 2.75) is 13.5 Å². The molecule has 2 heterocycles. The minimum Gasteiger partial charge on any atom is -0.272 e. The van der Waals surface area contributed by atoms with Gasteiger partial charge in [-0.2, -0.15) is 10.4 Å². The maximum absolute atomic E-state index is 9.45. The van der Waals surface area contributed by atoms with Crippen LogP contribution in [-0.4, -0.2) is 14.8 Å². The number of hydrogen-bond acceptors (Lipinski definition) is 4. The van der Waals surface area contributed by atoms with Crippen molar-refractivity contribution in [2.24, 2.45) is 0 Å². The Kier molecular flexibility index (Phi) is 5.00. The molecule has 3 rings (SSSR count). The molecule has 0 unspecified atom stereocenters. The van der Waals surface area contributed by atoms with E-state index in [-0.39, 0.29) is 0 Å². The molecular weight excluding hydrogens is 363 g/mol. The Bertz CT molecular complexity index is 950. The Hall–Kier alpha value is -2.13. The highest BCUT2D eigenvalue weighted by Gasteiger charge is 2.12. The summed E-state index contributed by atoms with van der Waals surface area (Å²) in [6.45, 7) is 2.79. The standard InChI is InChI=1S/C17H12Cl2N4S/c1-2-23-9-11(8-21-23)5-12(7-20)17-22-16(10-24-17)14-4-3-13(18)6-15(14)19/h3-6,8-10H,2H2,1H3. The lowest BCUT2D eigenvalue weighted by Crippen LogP contribution is -1.91. The summed E-state index contributed by atoms with van der Waals surface area (Å²) >= 11 is 13.6. The molecule has 0 radical (unpaired) electrons. The zero-order valence-corrected chi connectivity index (χ0v) is 15.0. The molecule has 0 saturated heterocycles. The van der Waals surface area contributed by atoms with E-state index >= 15 is 0 Å². The van der Waals surface area contributed by atoms with Crippen LogP contribution in [0.2, 0.25) is 10.0 Å². The van der Waals surface area contributed by atoms with Gasteiger partial charge in [0.1, 0.15) is 11.1 Å². The molecule has 4 nitrogen and oxygen atoms in total. The lowest BCUT2D eigenvalue weighted by molar-refractivity contribution is 0.660. The third kappa shape index (κ3) is 3.51. The molecule has 0 saturated carbocycles. The largest absolute Gasteiger partial charge is 0.272 e. The number of allylic oxidation sites excluding steroid dienone is 1. The minimum absolute atomic E-state index is 0.493. The summed E-state index contributed by atoms with van der Waals surface area (Å²) in [6.07, 6.45) is 5.40. The van der Waals surface area contributed by atoms with Crippen LogP contribution in [0.15, 0.2) is 36.0 Å². The SMILES string of the molecule is CCn1cc(C=C(C#N)c2nc(-c3ccc(Cl)cc3Cl)cs2)cn1. The summed E-state index contributed by atoms with van der Waals surface area (Å²) in [4.78, 5) is 4.54. The predicted octanol–water partition coefficient (Wildman–Crippen LogP) is 5.40. The van der Waals surface area contributed by atoms with Crippen LogP contribution in [0.5, 0.6) is 0 Å². The Balaban J connectivity index is 1.94. The van der Waals surface area contributed by atoms with Gasteiger partial charge in [0.2, 0.25) is 0 Å². The van der Waals surface area contributed by atoms with Crippen LogP contribution >= 0.6 is 34.5 Å². The van der Waals surface area contributed by atoms with E-state index in [9.17, 15) is 5.26 Å². The van der Waals surface area contributed by atoms with Crippen LogP contribution in [0.4, 0.5) is 0 Å². The lowest BCUT2D eigenvalue weighted by Gasteiger charge is -2.00. The number of benzene rings is 1. The molecule has 0 fully saturated rings. The molecule has 0 aliphatic rings. The van der Waals surface area contributed by atoms with Gasteiger partial charge in [0, 0.05) is 34.3 Å². The van der Waals surface area contributed by atoms with Gasteiger partial charge in [-0.05, 0) is 31.2 Å². The van der Waals surface area contributed by atoms with Gasteiger partial charge in [-0.1, -0.05) is 23.2 Å². The second-order valence-electron chi connectivity index (χ2n) is 4.96. The quantitative estimate of drug-likeness (QED) is 0.574. The number of nitriles is 1. The maximum Gasteiger partial charge on any atom is 0.134 e. The van der Waals surface area contributed by atoms with Crippen molar-refractivity contribution in [1.82, 2.24) is 14.8 Å². The Morgan fingerprint density at radius 3 is 2.92 bits per heavy atom. The predicted molar refractivity (Wildman–Crippen MR) is 99.0 cm³/mol. The van der Waals surface area contributed by atoms with Crippen molar-refractivity contribution in [3.63, 3.8) is 0 Å². The smallest absolute Gasteiger partial charge is 0.134 e. The number of rotatable bonds is 4. The Labute approximate surface area is 153 Å². The van der Waals surface area contributed by atoms with E-state index in [0.717, 1.165) is 23.4 Å². The number of thiazole rings is 1. The highest BCUT2D eigenvalue weighted by molar-refractivity contribution is 7.11. The summed E-state index contributed by atoms with van der Waals surface area (Å²) in [5.74, 6) is 0. The van der Waals surface area contributed by atoms with Gasteiger partial charge in [0.25, 0.3) is 0 Å². The van der Waals surface area contributed by atoms with Crippen molar-refractivity contribution in [3.05, 3.63) is 56.6 Å². The number of aromatic nitrogens is 3. The molecule has 0 bridgehead atoms. The van der Waals surface area contributed by atoms with Crippen LogP contribution in [0.1, 0.15) is 17.5 Å². The highest BCUT2D eigenvalue weighted by atomic mass is 35.5. The molecule has 3 aromatic rings. The third-order valence-corrected chi connectivity index (χ3v) is 4.77. The molecule has 24 heavy (non-hydrogen) atoms. The first-order valence-electron chi connectivity index (χ1n) is 7.16. The van der Waals surface area contributed by atoms with E-state index in [1.807, 2.05) is 29.2 Å². The first-order chi connectivity index (χ1) is 11.6. The second kappa shape index (κ2) is 7.18. The summed E-state index contributed by atoms with van der Waals surface area (Å²) in [5.41, 5.74) is 2.88. The fourth-order valence-corrected chi connectivity index (χ4v) is 3.44. The van der Waals surface area contributed by atoms with Crippen molar-refractivity contribution in [3.8, 4) is 17.3 Å². The number of nitrogens with zero attached hydrogens (tertiary/aromatic N) is 4. The van der Waals surface area contributed by atoms with E-state index in [4.69, 9.17) is 23.2 Å². The van der Waals surface area contributed by atoms with E-state index in [0.29, 0.717) is 20.6 Å². The maximum atomic E-state index is 9.45. The summed E-state index contributed by atoms with van der Waals surface area (Å²) < 4.78 is 1.81. The second-order valence-corrected chi connectivity index (χ2v) is 6.66. The fourth-order valence-electron chi connectivity index (χ4n) is 2.15. The van der Waals surface area contributed by atoms with E-state index in [2.05, 4.69) is 16.2 Å². The van der Waals surface area contributed by atoms with Gasteiger partial charge in [-0.25, -0.2) is 4.98 Å². The minimum atomic E-state index is 0.493. The van der Waals surface area contributed by atoms with Gasteiger partial charge in [-0.15, -0.1) is 11.3 Å². The van der Waals surface area contributed by atoms with Crippen LogP contribution in [0, 0.1) is 11.3 Å². The average Bonchev–Trinajstić information content (AvgIpc) is 3.21. The van der Waals surface area contributed by atoms with Crippen molar-refractivity contribution < 1.29 is 0 Å². The fraction of sp³-hybridized carbons (Fsp3) is 0.118. The molecule has 120 valence electrons. The van der Waals surface area contributed by atoms with E-state index in [1.165, 1.54) is 11.3 Å². The molecule has 0 atom stereocenters. The molecule has 1 aromatic carbocycles. The van der Waals surface area contributed by atoms with Crippen LogP contribution in [-0.2, 0) is 6.54 Å². The zero-order valence-electron chi connectivity index (χ0n) is 12.7. The lowest BCUT2D eigenvalue weighted by atomic mass is 10.1. The monoisotopic (exact) mass is 374 g/mol. The van der Waals surface area contributed by atoms with Crippen molar-refractivity contribution in [2.75, 3.05) is 0 Å². The number of hydrogen-bond donors (Lipinski definition) is 0. The molecule has 2 aromatic heterocycles. The van der Waals surface area contributed by atoms with Crippen LogP contribution in [0.3, 0.4) is 0 Å². The topological polar surface area (TPSA) is 54.5 Å². The average molecular weight is 375 g/mol.